The van der Waals surface area contributed by atoms with Gasteiger partial charge in [-0.1, -0.05) is 30.3 Å². The van der Waals surface area contributed by atoms with Gasteiger partial charge in [-0.15, -0.1) is 0 Å². The highest BCUT2D eigenvalue weighted by Crippen LogP contribution is 2.21. The van der Waals surface area contributed by atoms with Gasteiger partial charge in [0.25, 0.3) is 0 Å². The fraction of sp³-hybridized carbons (Fsp3) is 0.381. The molecule has 0 fully saturated rings. The third kappa shape index (κ3) is 6.56. The molecule has 7 heteroatoms. The van der Waals surface area contributed by atoms with Crippen LogP contribution in [0.1, 0.15) is 22.3 Å². The maximum Gasteiger partial charge on any atom is 0.240 e. The first kappa shape index (κ1) is 22.3. The van der Waals surface area contributed by atoms with E-state index in [9.17, 15) is 13.2 Å². The van der Waals surface area contributed by atoms with Gasteiger partial charge >= 0.3 is 0 Å². The van der Waals surface area contributed by atoms with E-state index < -0.39 is 10.0 Å². The molecule has 0 bridgehead atoms. The minimum absolute atomic E-state index is 0.218. The molecule has 152 valence electrons. The van der Waals surface area contributed by atoms with Crippen LogP contribution < -0.4 is 9.62 Å². The van der Waals surface area contributed by atoms with Crippen LogP contribution in [0.5, 0.6) is 0 Å². The number of hydrogen-bond acceptors (Lipinski definition) is 4. The van der Waals surface area contributed by atoms with Crippen LogP contribution in [-0.4, -0.2) is 39.4 Å². The van der Waals surface area contributed by atoms with E-state index in [1.807, 2.05) is 32.0 Å². The van der Waals surface area contributed by atoms with Gasteiger partial charge < -0.3 is 5.32 Å². The number of nitrogens with zero attached hydrogens (tertiary/aromatic N) is 1. The fourth-order valence-electron chi connectivity index (χ4n) is 2.68. The molecule has 28 heavy (non-hydrogen) atoms. The van der Waals surface area contributed by atoms with E-state index in [4.69, 9.17) is 0 Å². The highest BCUT2D eigenvalue weighted by Gasteiger charge is 2.21. The molecule has 2 aromatic carbocycles. The van der Waals surface area contributed by atoms with Gasteiger partial charge in [-0.2, -0.15) is 11.8 Å². The van der Waals surface area contributed by atoms with Crippen LogP contribution in [0.2, 0.25) is 0 Å². The number of nitrogens with one attached hydrogen (secondary N) is 1. The first-order valence-corrected chi connectivity index (χ1v) is 12.1. The SMILES string of the molecule is Cc1ccc(N(CC(=O)NCCSCc2ccccc2C)S(C)(=O)=O)cc1C. The zero-order valence-electron chi connectivity index (χ0n) is 16.9. The summed E-state index contributed by atoms with van der Waals surface area (Å²) in [5.74, 6) is 1.35. The van der Waals surface area contributed by atoms with Gasteiger partial charge in [0.15, 0.2) is 0 Å². The predicted octanol–water partition coefficient (Wildman–Crippen LogP) is 3.43. The van der Waals surface area contributed by atoms with Crippen LogP contribution >= 0.6 is 11.8 Å². The average Bonchev–Trinajstić information content (AvgIpc) is 2.62. The maximum atomic E-state index is 12.3. The first-order valence-electron chi connectivity index (χ1n) is 9.12. The lowest BCUT2D eigenvalue weighted by Gasteiger charge is -2.22. The third-order valence-corrected chi connectivity index (χ3v) is 6.70. The summed E-state index contributed by atoms with van der Waals surface area (Å²) in [6.07, 6.45) is 1.12. The minimum Gasteiger partial charge on any atom is -0.354 e. The second-order valence-corrected chi connectivity index (χ2v) is 9.88. The van der Waals surface area contributed by atoms with E-state index in [0.717, 1.165) is 33.2 Å². The molecule has 0 aliphatic rings. The molecule has 1 N–H and O–H groups in total. The molecule has 0 saturated carbocycles. The van der Waals surface area contributed by atoms with Crippen molar-refractivity contribution in [3.63, 3.8) is 0 Å². The van der Waals surface area contributed by atoms with Crippen LogP contribution in [0.3, 0.4) is 0 Å². The second kappa shape index (κ2) is 9.98. The van der Waals surface area contributed by atoms with Gasteiger partial charge in [0.1, 0.15) is 6.54 Å². The van der Waals surface area contributed by atoms with E-state index in [-0.39, 0.29) is 12.5 Å². The molecule has 0 aromatic heterocycles. The minimum atomic E-state index is -3.55. The molecule has 0 aliphatic carbocycles. The van der Waals surface area contributed by atoms with E-state index in [2.05, 4.69) is 24.4 Å². The van der Waals surface area contributed by atoms with Crippen LogP contribution in [0.15, 0.2) is 42.5 Å². The Labute approximate surface area is 172 Å². The normalized spacial score (nSPS) is 11.3. The summed E-state index contributed by atoms with van der Waals surface area (Å²) >= 11 is 1.74. The Balaban J connectivity index is 1.86. The van der Waals surface area contributed by atoms with Crippen LogP contribution in [0, 0.1) is 20.8 Å². The van der Waals surface area contributed by atoms with Gasteiger partial charge in [0.05, 0.1) is 11.9 Å². The standard InChI is InChI=1S/C21H28N2O3S2/c1-16-9-10-20(13-18(16)3)23(28(4,25)26)14-21(24)22-11-12-27-15-19-8-6-5-7-17(19)2/h5-10,13H,11-12,14-15H2,1-4H3,(H,22,24). The number of carbonyl (C=O) groups excluding carboxylic acids is 1. The zero-order valence-corrected chi connectivity index (χ0v) is 18.5. The number of anilines is 1. The number of amides is 1. The molecule has 1 amide bonds. The lowest BCUT2D eigenvalue weighted by molar-refractivity contribution is -0.119. The van der Waals surface area contributed by atoms with Crippen molar-refractivity contribution < 1.29 is 13.2 Å². The molecule has 2 rings (SSSR count). The third-order valence-electron chi connectivity index (χ3n) is 4.55. The molecule has 0 saturated heterocycles. The molecular formula is C21H28N2O3S2. The molecule has 0 radical (unpaired) electrons. The van der Waals surface area contributed by atoms with Crippen molar-refractivity contribution in [2.24, 2.45) is 0 Å². The summed E-state index contributed by atoms with van der Waals surface area (Å²) in [5.41, 5.74) is 5.12. The number of carbonyl (C=O) groups is 1. The summed E-state index contributed by atoms with van der Waals surface area (Å²) in [6.45, 7) is 6.25. The van der Waals surface area contributed by atoms with Crippen molar-refractivity contribution in [1.82, 2.24) is 5.32 Å². The van der Waals surface area contributed by atoms with Gasteiger partial charge in [0.2, 0.25) is 15.9 Å². The quantitative estimate of drug-likeness (QED) is 0.631. The van der Waals surface area contributed by atoms with E-state index in [1.54, 1.807) is 23.9 Å². The van der Waals surface area contributed by atoms with Crippen LogP contribution in [-0.2, 0) is 20.6 Å². The van der Waals surface area contributed by atoms with Crippen molar-refractivity contribution in [1.29, 1.82) is 0 Å². The number of rotatable bonds is 9. The lowest BCUT2D eigenvalue weighted by Crippen LogP contribution is -2.41. The van der Waals surface area contributed by atoms with E-state index in [0.29, 0.717) is 12.2 Å². The second-order valence-electron chi connectivity index (χ2n) is 6.87. The molecule has 0 aliphatic heterocycles. The summed E-state index contributed by atoms with van der Waals surface area (Å²) in [5, 5.41) is 2.82. The Kier molecular flexibility index (Phi) is 7.95. The van der Waals surface area contributed by atoms with Gasteiger partial charge in [0, 0.05) is 18.1 Å². The Hall–Kier alpha value is -1.99. The van der Waals surface area contributed by atoms with Crippen LogP contribution in [0.4, 0.5) is 5.69 Å². The summed E-state index contributed by atoms with van der Waals surface area (Å²) in [4.78, 5) is 12.3. The Bertz CT molecular complexity index is 927. The lowest BCUT2D eigenvalue weighted by atomic mass is 10.1. The molecule has 0 atom stereocenters. The van der Waals surface area contributed by atoms with Crippen molar-refractivity contribution in [3.8, 4) is 0 Å². The monoisotopic (exact) mass is 420 g/mol. The van der Waals surface area contributed by atoms with E-state index >= 15 is 0 Å². The predicted molar refractivity (Wildman–Crippen MR) is 118 cm³/mol. The molecule has 0 heterocycles. The van der Waals surface area contributed by atoms with Crippen LogP contribution in [0.25, 0.3) is 0 Å². The number of thioether (sulfide) groups is 1. The van der Waals surface area contributed by atoms with Gasteiger partial charge in [-0.3, -0.25) is 9.10 Å². The fourth-order valence-corrected chi connectivity index (χ4v) is 4.47. The number of hydrogen-bond donors (Lipinski definition) is 1. The smallest absolute Gasteiger partial charge is 0.240 e. The Morgan fingerprint density at radius 3 is 2.39 bits per heavy atom. The Morgan fingerprint density at radius 2 is 1.75 bits per heavy atom. The van der Waals surface area contributed by atoms with Gasteiger partial charge in [-0.05, 0) is 55.2 Å². The number of aryl methyl sites for hydroxylation is 3. The topological polar surface area (TPSA) is 66.5 Å². The largest absolute Gasteiger partial charge is 0.354 e. The molecule has 5 nitrogen and oxygen atoms in total. The highest BCUT2D eigenvalue weighted by molar-refractivity contribution is 7.98. The molecule has 0 unspecified atom stereocenters. The summed E-state index contributed by atoms with van der Waals surface area (Å²) in [7, 11) is -3.55. The highest BCUT2D eigenvalue weighted by atomic mass is 32.2. The number of benzene rings is 2. The van der Waals surface area contributed by atoms with Crippen molar-refractivity contribution in [2.45, 2.75) is 26.5 Å². The Morgan fingerprint density at radius 1 is 1.04 bits per heavy atom. The van der Waals surface area contributed by atoms with E-state index in [1.165, 1.54) is 11.1 Å². The zero-order chi connectivity index (χ0) is 20.7. The first-order chi connectivity index (χ1) is 13.2. The molecular weight excluding hydrogens is 392 g/mol. The summed E-state index contributed by atoms with van der Waals surface area (Å²) in [6, 6.07) is 13.6. The van der Waals surface area contributed by atoms with Crippen molar-refractivity contribution in [2.75, 3.05) is 29.4 Å². The molecule has 0 spiro atoms. The maximum absolute atomic E-state index is 12.3. The van der Waals surface area contributed by atoms with Gasteiger partial charge in [-0.25, -0.2) is 8.42 Å². The summed E-state index contributed by atoms with van der Waals surface area (Å²) < 4.78 is 25.5. The van der Waals surface area contributed by atoms with Crippen molar-refractivity contribution in [3.05, 3.63) is 64.7 Å². The average molecular weight is 421 g/mol. The van der Waals surface area contributed by atoms with Crippen molar-refractivity contribution >= 4 is 33.4 Å². The molecule has 2 aromatic rings. The number of sulfonamides is 1.